The Morgan fingerprint density at radius 3 is 1.75 bits per heavy atom. The zero-order valence-electron chi connectivity index (χ0n) is 23.6. The van der Waals surface area contributed by atoms with Crippen molar-refractivity contribution in [1.82, 2.24) is 9.97 Å². The number of furan rings is 1. The second-order valence-electron chi connectivity index (χ2n) is 11.0. The smallest absolute Gasteiger partial charge is 0.160 e. The molecule has 0 fully saturated rings. The van der Waals surface area contributed by atoms with Gasteiger partial charge in [-0.3, -0.25) is 0 Å². The number of fused-ring (bicyclic) bond motifs is 6. The first-order valence-corrected chi connectivity index (χ1v) is 15.5. The van der Waals surface area contributed by atoms with Gasteiger partial charge in [-0.1, -0.05) is 97.1 Å². The molecule has 0 saturated carbocycles. The highest BCUT2D eigenvalue weighted by Gasteiger charge is 2.14. The number of rotatable bonds is 4. The molecule has 0 bridgehead atoms. The van der Waals surface area contributed by atoms with Crippen LogP contribution in [0.5, 0.6) is 0 Å². The zero-order chi connectivity index (χ0) is 29.0. The lowest BCUT2D eigenvalue weighted by molar-refractivity contribution is 0.669. The highest BCUT2D eigenvalue weighted by atomic mass is 32.1. The minimum atomic E-state index is 0.724. The summed E-state index contributed by atoms with van der Waals surface area (Å²) in [5, 5.41) is 4.76. The number of benzene rings is 6. The van der Waals surface area contributed by atoms with Crippen LogP contribution in [0.4, 0.5) is 0 Å². The van der Waals surface area contributed by atoms with Gasteiger partial charge >= 0.3 is 0 Å². The van der Waals surface area contributed by atoms with Crippen molar-refractivity contribution in [3.63, 3.8) is 0 Å². The SMILES string of the molecule is c1ccc(-c2cc(-c3ccccc3)nc(-c3ccc4sc5cc(-c6ccc7c(c6)oc6ccccc67)ccc5c4c3)n2)cc1. The van der Waals surface area contributed by atoms with Gasteiger partial charge in [0.05, 0.1) is 11.4 Å². The van der Waals surface area contributed by atoms with Gasteiger partial charge in [-0.05, 0) is 59.7 Å². The maximum absolute atomic E-state index is 6.17. The van der Waals surface area contributed by atoms with E-state index in [1.165, 1.54) is 25.7 Å². The average Bonchev–Trinajstić information content (AvgIpc) is 3.66. The summed E-state index contributed by atoms with van der Waals surface area (Å²) in [6.07, 6.45) is 0. The zero-order valence-corrected chi connectivity index (χ0v) is 24.4. The minimum Gasteiger partial charge on any atom is -0.456 e. The van der Waals surface area contributed by atoms with E-state index in [9.17, 15) is 0 Å². The minimum absolute atomic E-state index is 0.724. The predicted octanol–water partition coefficient (Wildman–Crippen LogP) is 11.4. The summed E-state index contributed by atoms with van der Waals surface area (Å²) in [5.41, 5.74) is 9.14. The summed E-state index contributed by atoms with van der Waals surface area (Å²) < 4.78 is 8.67. The molecule has 0 aliphatic rings. The highest BCUT2D eigenvalue weighted by Crippen LogP contribution is 2.39. The molecular weight excluding hydrogens is 557 g/mol. The van der Waals surface area contributed by atoms with Gasteiger partial charge in [0.1, 0.15) is 11.2 Å². The molecule has 0 N–H and O–H groups in total. The Bertz CT molecular complexity index is 2440. The normalized spacial score (nSPS) is 11.6. The Balaban J connectivity index is 1.15. The van der Waals surface area contributed by atoms with E-state index < -0.39 is 0 Å². The van der Waals surface area contributed by atoms with Crippen LogP contribution in [0.25, 0.3) is 87.1 Å². The molecule has 0 aliphatic carbocycles. The van der Waals surface area contributed by atoms with E-state index in [1.54, 1.807) is 0 Å². The molecule has 0 saturated heterocycles. The quantitative estimate of drug-likeness (QED) is 0.208. The van der Waals surface area contributed by atoms with Crippen LogP contribution in [-0.4, -0.2) is 9.97 Å². The van der Waals surface area contributed by atoms with Gasteiger partial charge in [-0.15, -0.1) is 11.3 Å². The summed E-state index contributed by atoms with van der Waals surface area (Å²) in [6.45, 7) is 0. The Kier molecular flexibility index (Phi) is 5.68. The molecule has 0 radical (unpaired) electrons. The molecule has 206 valence electrons. The highest BCUT2D eigenvalue weighted by molar-refractivity contribution is 7.25. The summed E-state index contributed by atoms with van der Waals surface area (Å²) in [6, 6.07) is 50.8. The van der Waals surface area contributed by atoms with Crippen molar-refractivity contribution in [2.75, 3.05) is 0 Å². The van der Waals surface area contributed by atoms with E-state index in [0.717, 1.165) is 61.4 Å². The Morgan fingerprint density at radius 1 is 0.386 bits per heavy atom. The standard InChI is InChI=1S/C40H24N2OS/c1-3-9-25(10-4-1)34-24-35(26-11-5-2-6-12-26)42-40(41-34)29-17-20-38-33(21-29)32-19-16-28(23-39(32)44-38)27-15-18-31-30-13-7-8-14-36(30)43-37(31)22-27/h1-24H. The molecule has 3 heterocycles. The first-order valence-electron chi connectivity index (χ1n) is 14.7. The maximum Gasteiger partial charge on any atom is 0.160 e. The van der Waals surface area contributed by atoms with Gasteiger partial charge in [-0.2, -0.15) is 0 Å². The van der Waals surface area contributed by atoms with Crippen LogP contribution in [0, 0.1) is 0 Å². The van der Waals surface area contributed by atoms with Gasteiger partial charge in [0.15, 0.2) is 5.82 Å². The van der Waals surface area contributed by atoms with E-state index in [2.05, 4.69) is 97.1 Å². The van der Waals surface area contributed by atoms with Crippen LogP contribution in [0.15, 0.2) is 150 Å². The van der Waals surface area contributed by atoms with Crippen LogP contribution in [0.3, 0.4) is 0 Å². The second-order valence-corrected chi connectivity index (χ2v) is 12.1. The summed E-state index contributed by atoms with van der Waals surface area (Å²) in [7, 11) is 0. The van der Waals surface area contributed by atoms with Crippen molar-refractivity contribution >= 4 is 53.4 Å². The van der Waals surface area contributed by atoms with E-state index in [1.807, 2.05) is 59.9 Å². The molecule has 4 heteroatoms. The van der Waals surface area contributed by atoms with Gasteiger partial charge < -0.3 is 4.42 Å². The molecule has 44 heavy (non-hydrogen) atoms. The van der Waals surface area contributed by atoms with Crippen LogP contribution >= 0.6 is 11.3 Å². The van der Waals surface area contributed by atoms with Crippen molar-refractivity contribution in [3.05, 3.63) is 146 Å². The topological polar surface area (TPSA) is 38.9 Å². The predicted molar refractivity (Wildman–Crippen MR) is 184 cm³/mol. The molecule has 0 unspecified atom stereocenters. The summed E-state index contributed by atoms with van der Waals surface area (Å²) in [4.78, 5) is 10.1. The lowest BCUT2D eigenvalue weighted by atomic mass is 10.0. The Hall–Kier alpha value is -5.58. The summed E-state index contributed by atoms with van der Waals surface area (Å²) >= 11 is 1.82. The fraction of sp³-hybridized carbons (Fsp3) is 0. The molecule has 0 aliphatic heterocycles. The van der Waals surface area contributed by atoms with Gasteiger partial charge in [0, 0.05) is 47.6 Å². The molecule has 3 aromatic heterocycles. The monoisotopic (exact) mass is 580 g/mol. The van der Waals surface area contributed by atoms with Gasteiger partial charge in [0.2, 0.25) is 0 Å². The molecule has 0 atom stereocenters. The van der Waals surface area contributed by atoms with E-state index in [0.29, 0.717) is 0 Å². The third-order valence-corrected chi connectivity index (χ3v) is 9.44. The maximum atomic E-state index is 6.17. The first-order chi connectivity index (χ1) is 21.8. The number of thiophene rings is 1. The van der Waals surface area contributed by atoms with E-state index in [4.69, 9.17) is 14.4 Å². The van der Waals surface area contributed by atoms with Crippen LogP contribution < -0.4 is 0 Å². The van der Waals surface area contributed by atoms with Crippen LogP contribution in [0.1, 0.15) is 0 Å². The van der Waals surface area contributed by atoms with Gasteiger partial charge in [-0.25, -0.2) is 9.97 Å². The number of hydrogen-bond donors (Lipinski definition) is 0. The average molecular weight is 581 g/mol. The fourth-order valence-corrected chi connectivity index (χ4v) is 7.22. The molecule has 0 spiro atoms. The van der Waals surface area contributed by atoms with Crippen LogP contribution in [-0.2, 0) is 0 Å². The van der Waals surface area contributed by atoms with Gasteiger partial charge in [0.25, 0.3) is 0 Å². The first kappa shape index (κ1) is 25.0. The van der Waals surface area contributed by atoms with Crippen molar-refractivity contribution in [2.45, 2.75) is 0 Å². The molecule has 3 nitrogen and oxygen atoms in total. The number of hydrogen-bond acceptors (Lipinski definition) is 4. The molecule has 9 aromatic rings. The Morgan fingerprint density at radius 2 is 1.00 bits per heavy atom. The Labute approximate surface area is 257 Å². The largest absolute Gasteiger partial charge is 0.456 e. The lowest BCUT2D eigenvalue weighted by Crippen LogP contribution is -1.95. The fourth-order valence-electron chi connectivity index (χ4n) is 6.09. The van der Waals surface area contributed by atoms with E-state index in [-0.39, 0.29) is 0 Å². The van der Waals surface area contributed by atoms with E-state index >= 15 is 0 Å². The molecule has 0 amide bonds. The lowest BCUT2D eigenvalue weighted by Gasteiger charge is -2.09. The molecule has 9 rings (SSSR count). The molecule has 6 aromatic carbocycles. The number of nitrogens with zero attached hydrogens (tertiary/aromatic N) is 2. The summed E-state index contributed by atoms with van der Waals surface area (Å²) in [5.74, 6) is 0.724. The van der Waals surface area contributed by atoms with Crippen molar-refractivity contribution in [3.8, 4) is 45.0 Å². The third-order valence-electron chi connectivity index (χ3n) is 8.31. The van der Waals surface area contributed by atoms with Crippen molar-refractivity contribution in [1.29, 1.82) is 0 Å². The van der Waals surface area contributed by atoms with Crippen LogP contribution in [0.2, 0.25) is 0 Å². The second kappa shape index (κ2) is 10.0. The van der Waals surface area contributed by atoms with Crippen molar-refractivity contribution < 1.29 is 4.42 Å². The third kappa shape index (κ3) is 4.19. The molecular formula is C40H24N2OS. The van der Waals surface area contributed by atoms with Crippen molar-refractivity contribution in [2.24, 2.45) is 0 Å². The number of aromatic nitrogens is 2. The number of para-hydroxylation sites is 1.